The van der Waals surface area contributed by atoms with E-state index in [9.17, 15) is 9.59 Å². The second kappa shape index (κ2) is 12.8. The largest absolute Gasteiger partial charge is 0.333 e. The topological polar surface area (TPSA) is 78.4 Å². The molecule has 1 aliphatic carbocycles. The van der Waals surface area contributed by atoms with E-state index in [-0.39, 0.29) is 35.8 Å². The molecule has 3 atom stereocenters. The molecule has 2 aliphatic rings. The van der Waals surface area contributed by atoms with Crippen LogP contribution in [0, 0.1) is 24.7 Å². The van der Waals surface area contributed by atoms with Gasteiger partial charge in [-0.2, -0.15) is 0 Å². The van der Waals surface area contributed by atoms with Gasteiger partial charge in [0.15, 0.2) is 0 Å². The minimum atomic E-state index is -0.248. The summed E-state index contributed by atoms with van der Waals surface area (Å²) in [5.74, 6) is 1.12. The lowest BCUT2D eigenvalue weighted by molar-refractivity contribution is -0.140. The van der Waals surface area contributed by atoms with E-state index in [0.29, 0.717) is 12.5 Å². The van der Waals surface area contributed by atoms with Crippen molar-refractivity contribution in [2.24, 2.45) is 17.8 Å². The second-order valence-electron chi connectivity index (χ2n) is 11.8. The van der Waals surface area contributed by atoms with Gasteiger partial charge in [0.1, 0.15) is 0 Å². The zero-order valence-electron chi connectivity index (χ0n) is 23.7. The van der Waals surface area contributed by atoms with Crippen LogP contribution in [-0.2, 0) is 15.1 Å². The Morgan fingerprint density at radius 3 is 2.37 bits per heavy atom. The van der Waals surface area contributed by atoms with Crippen LogP contribution >= 0.6 is 0 Å². The molecule has 2 unspecified atom stereocenters. The number of rotatable bonds is 7. The number of carbonyl (C=O) groups excluding carboxylic acids is 2. The Bertz CT molecular complexity index is 1050. The number of nitrogens with one attached hydrogen (secondary N) is 1. The Morgan fingerprint density at radius 1 is 1.05 bits per heavy atom. The molecular formula is C31H45N5O2. The van der Waals surface area contributed by atoms with Gasteiger partial charge in [-0.3, -0.25) is 19.8 Å². The lowest BCUT2D eigenvalue weighted by Gasteiger charge is -2.41. The zero-order valence-corrected chi connectivity index (χ0v) is 23.7. The molecule has 7 heteroatoms. The fourth-order valence-electron chi connectivity index (χ4n) is 6.37. The van der Waals surface area contributed by atoms with Crippen molar-refractivity contribution in [1.29, 1.82) is 0 Å². The zero-order chi connectivity index (χ0) is 27.1. The first-order valence-electron chi connectivity index (χ1n) is 14.4. The minimum Gasteiger partial charge on any atom is -0.333 e. The molecule has 2 amide bonds. The average molecular weight is 520 g/mol. The first kappa shape index (κ1) is 28.2. The van der Waals surface area contributed by atoms with Crippen molar-refractivity contribution in [3.05, 3.63) is 53.9 Å². The molecule has 1 aromatic carbocycles. The Morgan fingerprint density at radius 2 is 1.74 bits per heavy atom. The number of nitrogens with zero attached hydrogens (tertiary/aromatic N) is 4. The number of amides is 2. The number of benzene rings is 1. The highest BCUT2D eigenvalue weighted by molar-refractivity contribution is 5.93. The Labute approximate surface area is 228 Å². The van der Waals surface area contributed by atoms with E-state index in [1.807, 2.05) is 6.92 Å². The molecule has 2 fully saturated rings. The van der Waals surface area contributed by atoms with Crippen LogP contribution in [0.25, 0.3) is 0 Å². The van der Waals surface area contributed by atoms with Crippen molar-refractivity contribution >= 4 is 17.8 Å². The van der Waals surface area contributed by atoms with Gasteiger partial charge in [-0.1, -0.05) is 62.9 Å². The van der Waals surface area contributed by atoms with Crippen molar-refractivity contribution < 1.29 is 9.59 Å². The molecule has 38 heavy (non-hydrogen) atoms. The van der Waals surface area contributed by atoms with E-state index in [2.05, 4.69) is 71.5 Å². The highest BCUT2D eigenvalue weighted by Crippen LogP contribution is 2.41. The van der Waals surface area contributed by atoms with E-state index >= 15 is 0 Å². The smallest absolute Gasteiger partial charge is 0.246 e. The van der Waals surface area contributed by atoms with Crippen molar-refractivity contribution in [1.82, 2.24) is 19.8 Å². The number of carbonyl (C=O) groups is 2. The van der Waals surface area contributed by atoms with E-state index in [4.69, 9.17) is 0 Å². The van der Waals surface area contributed by atoms with Crippen molar-refractivity contribution in [3.8, 4) is 0 Å². The lowest BCUT2D eigenvalue weighted by Crippen LogP contribution is -2.44. The van der Waals surface area contributed by atoms with E-state index in [1.54, 1.807) is 17.3 Å². The first-order valence-corrected chi connectivity index (χ1v) is 14.4. The second-order valence-corrected chi connectivity index (χ2v) is 11.8. The van der Waals surface area contributed by atoms with Crippen molar-refractivity contribution in [2.75, 3.05) is 32.5 Å². The average Bonchev–Trinajstić information content (AvgIpc) is 2.90. The van der Waals surface area contributed by atoms with Gasteiger partial charge in [-0.15, -0.1) is 0 Å². The number of aromatic nitrogens is 2. The molecule has 1 saturated heterocycles. The summed E-state index contributed by atoms with van der Waals surface area (Å²) < 4.78 is 0. The van der Waals surface area contributed by atoms with Gasteiger partial charge < -0.3 is 4.90 Å². The van der Waals surface area contributed by atoms with Gasteiger partial charge in [0.05, 0.1) is 6.54 Å². The number of aryl methyl sites for hydroxylation is 1. The van der Waals surface area contributed by atoms with Crippen LogP contribution in [0.4, 0.5) is 5.95 Å². The van der Waals surface area contributed by atoms with Gasteiger partial charge in [0, 0.05) is 30.4 Å². The first-order chi connectivity index (χ1) is 18.3. The number of hydrogen-bond donors (Lipinski definition) is 1. The summed E-state index contributed by atoms with van der Waals surface area (Å²) in [6.45, 7) is 4.58. The van der Waals surface area contributed by atoms with Gasteiger partial charge in [0.25, 0.3) is 0 Å². The number of anilines is 1. The van der Waals surface area contributed by atoms with Crippen molar-refractivity contribution in [3.63, 3.8) is 0 Å². The SMILES string of the molecule is Cc1cnc(NC(=O)CN2CCC[C@](c3ccccc3)(N(C)C)CCCC(CC3CCC3)C(C)C2=O)nc1. The normalized spacial score (nSPS) is 25.5. The third-order valence-electron chi connectivity index (χ3n) is 8.99. The van der Waals surface area contributed by atoms with Crippen LogP contribution in [0.2, 0.25) is 0 Å². The fourth-order valence-corrected chi connectivity index (χ4v) is 6.37. The van der Waals surface area contributed by atoms with Gasteiger partial charge in [-0.05, 0) is 76.1 Å². The minimum absolute atomic E-state index is 0.0247. The maximum atomic E-state index is 13.9. The summed E-state index contributed by atoms with van der Waals surface area (Å²) in [4.78, 5) is 39.5. The molecule has 4 rings (SSSR count). The van der Waals surface area contributed by atoms with Crippen LogP contribution in [0.15, 0.2) is 42.7 Å². The molecule has 0 bridgehead atoms. The van der Waals surface area contributed by atoms with Gasteiger partial charge in [0.2, 0.25) is 17.8 Å². The highest BCUT2D eigenvalue weighted by atomic mass is 16.2. The molecule has 2 aromatic rings. The summed E-state index contributed by atoms with van der Waals surface area (Å²) >= 11 is 0. The van der Waals surface area contributed by atoms with Gasteiger partial charge >= 0.3 is 0 Å². The predicted molar refractivity (Wildman–Crippen MR) is 151 cm³/mol. The molecule has 2 heterocycles. The quantitative estimate of drug-likeness (QED) is 0.529. The summed E-state index contributed by atoms with van der Waals surface area (Å²) in [7, 11) is 4.36. The fraction of sp³-hybridized carbons (Fsp3) is 0.613. The molecule has 1 saturated carbocycles. The Balaban J connectivity index is 1.57. The maximum Gasteiger partial charge on any atom is 0.246 e. The number of hydrogen-bond acceptors (Lipinski definition) is 5. The highest BCUT2D eigenvalue weighted by Gasteiger charge is 2.37. The standard InChI is InChI=1S/C31H45N5O2/c1-23-20-32-30(33-21-23)34-28(37)22-36-18-10-17-31(35(3)4,27-14-6-5-7-15-27)16-9-13-26(24(2)29(36)38)19-25-11-8-12-25/h5-7,14-15,20-21,24-26H,8-13,16-19,22H2,1-4H3,(H,32,33,34,37)/t24?,26?,31-/m1/s1. The molecule has 7 nitrogen and oxygen atoms in total. The molecule has 1 aromatic heterocycles. The Kier molecular flexibility index (Phi) is 9.53. The van der Waals surface area contributed by atoms with Crippen LogP contribution in [-0.4, -0.2) is 58.8 Å². The summed E-state index contributed by atoms with van der Waals surface area (Å²) in [5, 5.41) is 2.79. The van der Waals surface area contributed by atoms with Crippen LogP contribution in [0.5, 0.6) is 0 Å². The molecule has 206 valence electrons. The molecule has 0 radical (unpaired) electrons. The van der Waals surface area contributed by atoms with E-state index < -0.39 is 0 Å². The monoisotopic (exact) mass is 519 g/mol. The predicted octanol–water partition coefficient (Wildman–Crippen LogP) is 5.42. The summed E-state index contributed by atoms with van der Waals surface area (Å²) in [6, 6.07) is 10.8. The van der Waals surface area contributed by atoms with Crippen LogP contribution in [0.1, 0.15) is 75.8 Å². The molecular weight excluding hydrogens is 474 g/mol. The molecule has 1 N–H and O–H groups in total. The van der Waals surface area contributed by atoms with Crippen molar-refractivity contribution in [2.45, 2.75) is 77.2 Å². The lowest BCUT2D eigenvalue weighted by atomic mass is 9.73. The van der Waals surface area contributed by atoms with Gasteiger partial charge in [-0.25, -0.2) is 9.97 Å². The van der Waals surface area contributed by atoms with E-state index in [0.717, 1.165) is 50.0 Å². The molecule has 0 spiro atoms. The molecule has 1 aliphatic heterocycles. The van der Waals surface area contributed by atoms with Crippen LogP contribution in [0.3, 0.4) is 0 Å². The van der Waals surface area contributed by atoms with E-state index in [1.165, 1.54) is 24.8 Å². The third-order valence-corrected chi connectivity index (χ3v) is 8.99. The van der Waals surface area contributed by atoms with Crippen LogP contribution < -0.4 is 5.32 Å². The maximum absolute atomic E-state index is 13.9. The summed E-state index contributed by atoms with van der Waals surface area (Å²) in [6.07, 6.45) is 13.3. The third kappa shape index (κ3) is 6.79. The summed E-state index contributed by atoms with van der Waals surface area (Å²) in [5.41, 5.74) is 2.17. The Hall–Kier alpha value is -2.80.